The first-order valence-electron chi connectivity index (χ1n) is 15.7. The topological polar surface area (TPSA) is 3.24 Å². The molecule has 2 atom stereocenters. The Bertz CT molecular complexity index is 1250. The summed E-state index contributed by atoms with van der Waals surface area (Å²) >= 11 is 0. The van der Waals surface area contributed by atoms with E-state index in [4.69, 9.17) is 0 Å². The number of fused-ring (bicyclic) bond motifs is 1. The minimum atomic E-state index is 0.0301. The highest BCUT2D eigenvalue weighted by Gasteiger charge is 2.42. The molecule has 216 valence electrons. The van der Waals surface area contributed by atoms with Gasteiger partial charge in [-0.25, -0.2) is 0 Å². The number of unbranched alkanes of at least 4 members (excludes halogenated alkanes) is 5. The summed E-state index contributed by atoms with van der Waals surface area (Å²) in [7, 11) is 2.18. The average molecular weight is 538 g/mol. The molecule has 0 N–H and O–H groups in total. The number of benzene rings is 1. The first-order valence-corrected chi connectivity index (χ1v) is 15.7. The van der Waals surface area contributed by atoms with Gasteiger partial charge in [-0.2, -0.15) is 0 Å². The van der Waals surface area contributed by atoms with Gasteiger partial charge in [0.15, 0.2) is 0 Å². The van der Waals surface area contributed by atoms with Gasteiger partial charge in [0.05, 0.1) is 0 Å². The van der Waals surface area contributed by atoms with Gasteiger partial charge >= 0.3 is 0 Å². The molecule has 2 unspecified atom stereocenters. The normalized spacial score (nSPS) is 22.8. The Labute approximate surface area is 246 Å². The molecule has 0 heterocycles. The van der Waals surface area contributed by atoms with Crippen LogP contribution in [0, 0.1) is 5.41 Å². The maximum Gasteiger partial charge on any atom is 0.0407 e. The number of hydrogen-bond donors (Lipinski definition) is 0. The second-order valence-electron chi connectivity index (χ2n) is 12.5. The zero-order valence-electron chi connectivity index (χ0n) is 26.9. The third-order valence-electron chi connectivity index (χ3n) is 9.75. The van der Waals surface area contributed by atoms with Crippen molar-refractivity contribution in [1.82, 2.24) is 0 Å². The Morgan fingerprint density at radius 1 is 0.875 bits per heavy atom. The Kier molecular flexibility index (Phi) is 10.9. The van der Waals surface area contributed by atoms with Crippen LogP contribution in [0.15, 0.2) is 95.8 Å². The number of allylic oxidation sites excluding steroid dienone is 11. The first-order chi connectivity index (χ1) is 19.1. The van der Waals surface area contributed by atoms with Gasteiger partial charge in [-0.05, 0) is 93.0 Å². The van der Waals surface area contributed by atoms with E-state index in [1.165, 1.54) is 108 Å². The number of hydrogen-bond acceptors (Lipinski definition) is 1. The summed E-state index contributed by atoms with van der Waals surface area (Å²) in [4.78, 5) is 2.30. The minimum absolute atomic E-state index is 0.0301. The van der Waals surface area contributed by atoms with Crippen LogP contribution in [0.2, 0.25) is 0 Å². The standard InChI is InChI=1S/C39H55N/c1-11-15-17-19-25-39(24-18-16-12-2)36(14-4)34(13-3)35-23-22-33(26-37(35)39)40(10)28-30(6)29(5)20-21-31(7)38(9)27-32(38)8/h13-14,20-23,26-28H,3-4,11-12,15-19,24-25H2,1-2,5-10H3/b29-20+,30-28+,31-21+. The molecule has 0 aromatic heterocycles. The van der Waals surface area contributed by atoms with Gasteiger partial charge in [0, 0.05) is 29.8 Å². The Morgan fingerprint density at radius 2 is 1.50 bits per heavy atom. The quantitative estimate of drug-likeness (QED) is 0.115. The molecule has 1 heteroatoms. The molecule has 0 fully saturated rings. The molecule has 0 saturated heterocycles. The Morgan fingerprint density at radius 3 is 2.08 bits per heavy atom. The lowest BCUT2D eigenvalue weighted by Crippen LogP contribution is -2.26. The number of anilines is 1. The van der Waals surface area contributed by atoms with E-state index in [2.05, 4.69) is 128 Å². The van der Waals surface area contributed by atoms with Crippen molar-refractivity contribution >= 4 is 11.3 Å². The van der Waals surface area contributed by atoms with Crippen LogP contribution in [-0.4, -0.2) is 7.05 Å². The molecule has 0 radical (unpaired) electrons. The summed E-state index contributed by atoms with van der Waals surface area (Å²) < 4.78 is 0. The predicted molar refractivity (Wildman–Crippen MR) is 180 cm³/mol. The van der Waals surface area contributed by atoms with Crippen molar-refractivity contribution in [2.24, 2.45) is 5.41 Å². The van der Waals surface area contributed by atoms with Crippen LogP contribution in [-0.2, 0) is 5.41 Å². The van der Waals surface area contributed by atoms with Crippen LogP contribution in [0.5, 0.6) is 0 Å². The van der Waals surface area contributed by atoms with Crippen molar-refractivity contribution in [2.75, 3.05) is 11.9 Å². The maximum absolute atomic E-state index is 4.32. The molecule has 40 heavy (non-hydrogen) atoms. The third-order valence-corrected chi connectivity index (χ3v) is 9.75. The van der Waals surface area contributed by atoms with E-state index >= 15 is 0 Å². The fourth-order valence-electron chi connectivity index (χ4n) is 6.49. The van der Waals surface area contributed by atoms with Gasteiger partial charge in [0.25, 0.3) is 0 Å². The molecule has 1 aromatic rings. The van der Waals surface area contributed by atoms with Crippen molar-refractivity contribution < 1.29 is 0 Å². The SMILES string of the molecule is C=CC1=C(C=C)C(CCCCC)(CCCCCC)c2cc(N(C)/C=C(C)/C(C)=C/C=C(\C)C3(C)C=C3C)ccc21. The number of nitrogens with zero attached hydrogens (tertiary/aromatic N) is 1. The van der Waals surface area contributed by atoms with E-state index in [0.717, 1.165) is 0 Å². The summed E-state index contributed by atoms with van der Waals surface area (Å²) in [5.41, 5.74) is 12.4. The monoisotopic (exact) mass is 537 g/mol. The second kappa shape index (κ2) is 13.7. The molecule has 1 nitrogen and oxygen atoms in total. The smallest absolute Gasteiger partial charge is 0.0407 e. The van der Waals surface area contributed by atoms with Crippen LogP contribution in [0.1, 0.15) is 117 Å². The summed E-state index contributed by atoms with van der Waals surface area (Å²) in [6, 6.07) is 7.08. The highest BCUT2D eigenvalue weighted by molar-refractivity contribution is 5.88. The van der Waals surface area contributed by atoms with E-state index in [1.54, 1.807) is 0 Å². The van der Waals surface area contributed by atoms with Crippen LogP contribution in [0.4, 0.5) is 5.69 Å². The summed E-state index contributed by atoms with van der Waals surface area (Å²) in [5, 5.41) is 0. The zero-order chi connectivity index (χ0) is 29.5. The molecular formula is C39H55N. The van der Waals surface area contributed by atoms with Gasteiger partial charge < -0.3 is 4.90 Å². The van der Waals surface area contributed by atoms with E-state index in [-0.39, 0.29) is 10.8 Å². The molecular weight excluding hydrogens is 482 g/mol. The summed E-state index contributed by atoms with van der Waals surface area (Å²) in [6.07, 6.45) is 24.7. The highest BCUT2D eigenvalue weighted by Crippen LogP contribution is 2.54. The van der Waals surface area contributed by atoms with E-state index in [0.29, 0.717) is 0 Å². The number of rotatable bonds is 16. The van der Waals surface area contributed by atoms with Crippen LogP contribution >= 0.6 is 0 Å². The van der Waals surface area contributed by atoms with Crippen molar-refractivity contribution in [3.63, 3.8) is 0 Å². The molecule has 0 aliphatic heterocycles. The Balaban J connectivity index is 1.96. The van der Waals surface area contributed by atoms with Gasteiger partial charge in [-0.3, -0.25) is 0 Å². The Hall–Kier alpha value is -2.80. The molecule has 0 saturated carbocycles. The molecule has 0 spiro atoms. The molecule has 2 aliphatic rings. The van der Waals surface area contributed by atoms with Gasteiger partial charge in [0.2, 0.25) is 0 Å². The fourth-order valence-corrected chi connectivity index (χ4v) is 6.49. The van der Waals surface area contributed by atoms with E-state index < -0.39 is 0 Å². The van der Waals surface area contributed by atoms with Crippen LogP contribution in [0.25, 0.3) is 5.57 Å². The molecule has 1 aromatic carbocycles. The van der Waals surface area contributed by atoms with E-state index in [9.17, 15) is 0 Å². The molecule has 0 bridgehead atoms. The summed E-state index contributed by atoms with van der Waals surface area (Å²) in [5.74, 6) is 0. The fraction of sp³-hybridized carbons (Fsp3) is 0.487. The van der Waals surface area contributed by atoms with Crippen LogP contribution < -0.4 is 4.90 Å². The predicted octanol–water partition coefficient (Wildman–Crippen LogP) is 11.8. The lowest BCUT2D eigenvalue weighted by atomic mass is 9.69. The van der Waals surface area contributed by atoms with Crippen molar-refractivity contribution in [3.8, 4) is 0 Å². The van der Waals surface area contributed by atoms with Crippen molar-refractivity contribution in [3.05, 3.63) is 107 Å². The van der Waals surface area contributed by atoms with Crippen molar-refractivity contribution in [1.29, 1.82) is 0 Å². The van der Waals surface area contributed by atoms with Gasteiger partial charge in [0.1, 0.15) is 0 Å². The highest BCUT2D eigenvalue weighted by atomic mass is 15.1. The zero-order valence-corrected chi connectivity index (χ0v) is 26.9. The third kappa shape index (κ3) is 6.56. The van der Waals surface area contributed by atoms with E-state index in [1.807, 2.05) is 0 Å². The minimum Gasteiger partial charge on any atom is -0.351 e. The lowest BCUT2D eigenvalue weighted by Gasteiger charge is -2.34. The lowest BCUT2D eigenvalue weighted by molar-refractivity contribution is 0.400. The summed E-state index contributed by atoms with van der Waals surface area (Å²) in [6.45, 7) is 24.4. The van der Waals surface area contributed by atoms with Gasteiger partial charge in [-0.15, -0.1) is 0 Å². The van der Waals surface area contributed by atoms with Gasteiger partial charge in [-0.1, -0.05) is 120 Å². The van der Waals surface area contributed by atoms with Crippen LogP contribution in [0.3, 0.4) is 0 Å². The molecule has 3 rings (SSSR count). The average Bonchev–Trinajstić information content (AvgIpc) is 3.48. The first kappa shape index (κ1) is 31.7. The molecule has 0 amide bonds. The van der Waals surface area contributed by atoms with Crippen molar-refractivity contribution in [2.45, 2.75) is 112 Å². The largest absolute Gasteiger partial charge is 0.351 e. The second-order valence-corrected chi connectivity index (χ2v) is 12.5. The maximum atomic E-state index is 4.32. The molecule has 2 aliphatic carbocycles.